The molecule has 6 nitrogen and oxygen atoms in total. The number of unbranched alkanes of at least 4 members (excludes halogenated alkanes) is 4. The van der Waals surface area contributed by atoms with E-state index >= 15 is 0 Å². The lowest BCUT2D eigenvalue weighted by atomic mass is 10.1. The van der Waals surface area contributed by atoms with Crippen LogP contribution in [0.25, 0.3) is 11.7 Å². The van der Waals surface area contributed by atoms with Crippen LogP contribution in [-0.4, -0.2) is 37.6 Å². The lowest BCUT2D eigenvalue weighted by Gasteiger charge is -2.14. The van der Waals surface area contributed by atoms with Gasteiger partial charge >= 0.3 is 0 Å². The molecule has 0 bridgehead atoms. The van der Waals surface area contributed by atoms with Crippen molar-refractivity contribution in [1.29, 1.82) is 0 Å². The molecule has 0 spiro atoms. The number of aryl methyl sites for hydroxylation is 1. The number of carbonyl (C=O) groups is 1. The summed E-state index contributed by atoms with van der Waals surface area (Å²) in [6, 6.07) is 3.76. The topological polar surface area (TPSA) is 66.7 Å². The first-order valence-corrected chi connectivity index (χ1v) is 12.2. The molecule has 2 aromatic rings. The standard InChI is InChI=1S/C23H30N4O2S2/c1-4-6-7-8-9-13-26-22(29)18(31-23(26)30)14-17-20(24-12-5-2)25-19-11-10-16(3)15-27(19)21(17)28/h10-11,14-15,24H,4-9,12-13H2,1-3H3/b18-14-. The van der Waals surface area contributed by atoms with Gasteiger partial charge in [-0.15, -0.1) is 0 Å². The summed E-state index contributed by atoms with van der Waals surface area (Å²) in [4.78, 5) is 33.0. The first-order chi connectivity index (χ1) is 15.0. The van der Waals surface area contributed by atoms with E-state index in [0.717, 1.165) is 24.8 Å². The second kappa shape index (κ2) is 10.9. The molecule has 1 N–H and O–H groups in total. The van der Waals surface area contributed by atoms with Crippen LogP contribution in [0.1, 0.15) is 63.5 Å². The van der Waals surface area contributed by atoms with Crippen molar-refractivity contribution in [2.24, 2.45) is 0 Å². The first kappa shape index (κ1) is 23.5. The van der Waals surface area contributed by atoms with E-state index in [1.807, 2.05) is 19.1 Å². The molecule has 3 heterocycles. The van der Waals surface area contributed by atoms with Crippen molar-refractivity contribution in [3.05, 3.63) is 44.7 Å². The van der Waals surface area contributed by atoms with E-state index < -0.39 is 0 Å². The number of fused-ring (bicyclic) bond motifs is 1. The average molecular weight is 459 g/mol. The Morgan fingerprint density at radius 2 is 1.90 bits per heavy atom. The molecule has 1 fully saturated rings. The van der Waals surface area contributed by atoms with Crippen molar-refractivity contribution in [3.63, 3.8) is 0 Å². The van der Waals surface area contributed by atoms with Crippen molar-refractivity contribution in [2.75, 3.05) is 18.4 Å². The molecule has 0 saturated carbocycles. The van der Waals surface area contributed by atoms with Gasteiger partial charge in [0.2, 0.25) is 0 Å². The van der Waals surface area contributed by atoms with Gasteiger partial charge in [-0.25, -0.2) is 4.98 Å². The van der Waals surface area contributed by atoms with E-state index in [0.29, 0.717) is 39.3 Å². The highest BCUT2D eigenvalue weighted by Crippen LogP contribution is 2.33. The van der Waals surface area contributed by atoms with Gasteiger partial charge in [-0.1, -0.05) is 69.6 Å². The van der Waals surface area contributed by atoms with E-state index in [2.05, 4.69) is 24.1 Å². The van der Waals surface area contributed by atoms with Crippen LogP contribution in [0.3, 0.4) is 0 Å². The molecule has 1 aliphatic rings. The summed E-state index contributed by atoms with van der Waals surface area (Å²) in [7, 11) is 0. The number of nitrogens with zero attached hydrogens (tertiary/aromatic N) is 3. The summed E-state index contributed by atoms with van der Waals surface area (Å²) in [5.74, 6) is 0.376. The third-order valence-electron chi connectivity index (χ3n) is 5.18. The molecular weight excluding hydrogens is 428 g/mol. The third-order valence-corrected chi connectivity index (χ3v) is 6.56. The molecule has 31 heavy (non-hydrogen) atoms. The first-order valence-electron chi connectivity index (χ1n) is 11.0. The summed E-state index contributed by atoms with van der Waals surface area (Å²) in [5, 5.41) is 3.24. The minimum Gasteiger partial charge on any atom is -0.369 e. The molecule has 1 aliphatic heterocycles. The SMILES string of the molecule is CCCCCCCN1C(=O)/C(=C/c2c(NCCC)nc3ccc(C)cn3c2=O)SC1=S. The second-order valence-electron chi connectivity index (χ2n) is 7.79. The zero-order valence-corrected chi connectivity index (χ0v) is 20.1. The van der Waals surface area contributed by atoms with E-state index in [-0.39, 0.29) is 11.5 Å². The fourth-order valence-electron chi connectivity index (χ4n) is 3.46. The summed E-state index contributed by atoms with van der Waals surface area (Å²) < 4.78 is 2.09. The molecule has 0 aromatic carbocycles. The van der Waals surface area contributed by atoms with E-state index in [9.17, 15) is 9.59 Å². The highest BCUT2D eigenvalue weighted by Gasteiger charge is 2.32. The Balaban J connectivity index is 1.91. The smallest absolute Gasteiger partial charge is 0.267 e. The van der Waals surface area contributed by atoms with Gasteiger partial charge in [0, 0.05) is 19.3 Å². The molecule has 166 valence electrons. The van der Waals surface area contributed by atoms with Crippen LogP contribution in [0.15, 0.2) is 28.0 Å². The molecule has 1 amide bonds. The number of pyridine rings is 1. The number of thiocarbonyl (C=S) groups is 1. The van der Waals surface area contributed by atoms with Crippen molar-refractivity contribution in [3.8, 4) is 0 Å². The summed E-state index contributed by atoms with van der Waals surface area (Å²) in [5.41, 5.74) is 1.73. The molecule has 1 saturated heterocycles. The highest BCUT2D eigenvalue weighted by molar-refractivity contribution is 8.26. The number of nitrogens with one attached hydrogen (secondary N) is 1. The zero-order valence-electron chi connectivity index (χ0n) is 18.4. The Kier molecular flexibility index (Phi) is 8.26. The van der Waals surface area contributed by atoms with E-state index in [4.69, 9.17) is 12.2 Å². The Hall–Kier alpha value is -2.19. The largest absolute Gasteiger partial charge is 0.369 e. The quantitative estimate of drug-likeness (QED) is 0.307. The molecule has 0 atom stereocenters. The minimum absolute atomic E-state index is 0.124. The van der Waals surface area contributed by atoms with Gasteiger partial charge in [-0.05, 0) is 37.5 Å². The number of hydrogen-bond acceptors (Lipinski definition) is 6. The van der Waals surface area contributed by atoms with Gasteiger partial charge in [-0.2, -0.15) is 0 Å². The van der Waals surface area contributed by atoms with Gasteiger partial charge in [0.05, 0.1) is 10.5 Å². The molecular formula is C23H30N4O2S2. The normalized spacial score (nSPS) is 15.5. The molecule has 0 radical (unpaired) electrons. The number of amides is 1. The molecule has 0 unspecified atom stereocenters. The Bertz CT molecular complexity index is 1060. The van der Waals surface area contributed by atoms with Crippen LogP contribution in [0, 0.1) is 6.92 Å². The molecule has 8 heteroatoms. The van der Waals surface area contributed by atoms with E-state index in [1.54, 1.807) is 17.2 Å². The zero-order chi connectivity index (χ0) is 22.4. The average Bonchev–Trinajstić information content (AvgIpc) is 3.02. The van der Waals surface area contributed by atoms with Gasteiger partial charge in [-0.3, -0.25) is 18.9 Å². The number of carbonyl (C=O) groups excluding carboxylic acids is 1. The van der Waals surface area contributed by atoms with Gasteiger partial charge in [0.25, 0.3) is 11.5 Å². The van der Waals surface area contributed by atoms with Crippen molar-refractivity contribution in [1.82, 2.24) is 14.3 Å². The van der Waals surface area contributed by atoms with Crippen molar-refractivity contribution in [2.45, 2.75) is 59.3 Å². The number of rotatable bonds is 10. The maximum absolute atomic E-state index is 13.3. The van der Waals surface area contributed by atoms with Crippen LogP contribution in [-0.2, 0) is 4.79 Å². The van der Waals surface area contributed by atoms with Crippen molar-refractivity contribution >= 4 is 51.7 Å². The second-order valence-corrected chi connectivity index (χ2v) is 9.46. The molecule has 2 aromatic heterocycles. The molecule has 0 aliphatic carbocycles. The highest BCUT2D eigenvalue weighted by atomic mass is 32.2. The van der Waals surface area contributed by atoms with Crippen LogP contribution in [0.2, 0.25) is 0 Å². The van der Waals surface area contributed by atoms with Crippen molar-refractivity contribution < 1.29 is 4.79 Å². The van der Waals surface area contributed by atoms with Gasteiger partial charge in [0.15, 0.2) is 0 Å². The Morgan fingerprint density at radius 3 is 2.65 bits per heavy atom. The lowest BCUT2D eigenvalue weighted by molar-refractivity contribution is -0.122. The summed E-state index contributed by atoms with van der Waals surface area (Å²) >= 11 is 6.71. The monoisotopic (exact) mass is 458 g/mol. The minimum atomic E-state index is -0.197. The predicted molar refractivity (Wildman–Crippen MR) is 134 cm³/mol. The number of thioether (sulfide) groups is 1. The predicted octanol–water partition coefficient (Wildman–Crippen LogP) is 5.00. The maximum atomic E-state index is 13.3. The molecule has 3 rings (SSSR count). The van der Waals surface area contributed by atoms with Crippen LogP contribution in [0.4, 0.5) is 5.82 Å². The fraction of sp³-hybridized carbons (Fsp3) is 0.478. The van der Waals surface area contributed by atoms with Crippen LogP contribution < -0.4 is 10.9 Å². The number of aromatic nitrogens is 2. The maximum Gasteiger partial charge on any atom is 0.267 e. The van der Waals surface area contributed by atoms with Crippen LogP contribution in [0.5, 0.6) is 0 Å². The van der Waals surface area contributed by atoms with Gasteiger partial charge in [0.1, 0.15) is 15.8 Å². The summed E-state index contributed by atoms with van der Waals surface area (Å²) in [6.07, 6.45) is 9.91. The summed E-state index contributed by atoms with van der Waals surface area (Å²) in [6.45, 7) is 7.48. The van der Waals surface area contributed by atoms with Crippen LogP contribution >= 0.6 is 24.0 Å². The fourth-order valence-corrected chi connectivity index (χ4v) is 4.75. The number of anilines is 1. The van der Waals surface area contributed by atoms with E-state index in [1.165, 1.54) is 35.4 Å². The number of hydrogen-bond donors (Lipinski definition) is 1. The Labute approximate surface area is 193 Å². The van der Waals surface area contributed by atoms with Gasteiger partial charge < -0.3 is 5.32 Å². The third kappa shape index (κ3) is 5.54. The lowest BCUT2D eigenvalue weighted by Crippen LogP contribution is -2.29. The Morgan fingerprint density at radius 1 is 1.13 bits per heavy atom.